The van der Waals surface area contributed by atoms with Crippen LogP contribution in [0.5, 0.6) is 0 Å². The SMILES string of the molecule is CC(C)(N)C(C)(C)CN1CCN(C2CC2)CC1. The Morgan fingerprint density at radius 3 is 1.94 bits per heavy atom. The van der Waals surface area contributed by atoms with Crippen LogP contribution in [-0.2, 0) is 0 Å². The first-order chi connectivity index (χ1) is 7.79. The molecule has 2 fully saturated rings. The quantitative estimate of drug-likeness (QED) is 0.807. The van der Waals surface area contributed by atoms with Crippen LogP contribution in [-0.4, -0.2) is 54.1 Å². The maximum absolute atomic E-state index is 6.28. The van der Waals surface area contributed by atoms with Crippen molar-refractivity contribution in [2.24, 2.45) is 11.1 Å². The van der Waals surface area contributed by atoms with Gasteiger partial charge in [-0.15, -0.1) is 0 Å². The Labute approximate surface area is 106 Å². The average molecular weight is 239 g/mol. The number of nitrogens with two attached hydrogens (primary N) is 1. The summed E-state index contributed by atoms with van der Waals surface area (Å²) in [5.74, 6) is 0. The number of hydrogen-bond acceptors (Lipinski definition) is 3. The van der Waals surface area contributed by atoms with Gasteiger partial charge in [-0.1, -0.05) is 13.8 Å². The number of piperazine rings is 1. The van der Waals surface area contributed by atoms with E-state index in [4.69, 9.17) is 5.73 Å². The molecule has 1 aliphatic carbocycles. The maximum Gasteiger partial charge on any atom is 0.0161 e. The molecule has 1 saturated carbocycles. The van der Waals surface area contributed by atoms with Crippen molar-refractivity contribution in [3.05, 3.63) is 0 Å². The molecule has 3 heteroatoms. The van der Waals surface area contributed by atoms with Gasteiger partial charge in [0.15, 0.2) is 0 Å². The molecule has 1 aliphatic heterocycles. The van der Waals surface area contributed by atoms with Crippen LogP contribution < -0.4 is 5.73 Å². The highest BCUT2D eigenvalue weighted by molar-refractivity contribution is 4.94. The molecule has 1 saturated heterocycles. The zero-order valence-corrected chi connectivity index (χ0v) is 12.0. The Hall–Kier alpha value is -0.120. The van der Waals surface area contributed by atoms with Gasteiger partial charge in [0.1, 0.15) is 0 Å². The number of rotatable bonds is 4. The van der Waals surface area contributed by atoms with Crippen molar-refractivity contribution >= 4 is 0 Å². The van der Waals surface area contributed by atoms with Gasteiger partial charge in [-0.2, -0.15) is 0 Å². The standard InChI is InChI=1S/C14H29N3/c1-13(2,14(3,4)15)11-16-7-9-17(10-8-16)12-5-6-12/h12H,5-11,15H2,1-4H3. The third kappa shape index (κ3) is 3.21. The van der Waals surface area contributed by atoms with Gasteiger partial charge >= 0.3 is 0 Å². The van der Waals surface area contributed by atoms with Gasteiger partial charge < -0.3 is 10.6 Å². The summed E-state index contributed by atoms with van der Waals surface area (Å²) in [4.78, 5) is 5.25. The highest BCUT2D eigenvalue weighted by Crippen LogP contribution is 2.31. The molecule has 2 aliphatic rings. The van der Waals surface area contributed by atoms with Crippen LogP contribution in [0.3, 0.4) is 0 Å². The molecule has 3 nitrogen and oxygen atoms in total. The van der Waals surface area contributed by atoms with Gasteiger partial charge in [0, 0.05) is 44.3 Å². The Balaban J connectivity index is 1.80. The second kappa shape index (κ2) is 4.52. The fourth-order valence-electron chi connectivity index (χ4n) is 2.49. The van der Waals surface area contributed by atoms with Crippen molar-refractivity contribution in [3.63, 3.8) is 0 Å². The van der Waals surface area contributed by atoms with Crippen molar-refractivity contribution in [2.45, 2.75) is 52.1 Å². The summed E-state index contributed by atoms with van der Waals surface area (Å²) in [6.07, 6.45) is 2.86. The molecule has 2 rings (SSSR count). The average Bonchev–Trinajstić information content (AvgIpc) is 3.00. The van der Waals surface area contributed by atoms with Gasteiger partial charge in [0.25, 0.3) is 0 Å². The lowest BCUT2D eigenvalue weighted by atomic mass is 9.75. The van der Waals surface area contributed by atoms with Crippen molar-refractivity contribution in [1.82, 2.24) is 9.80 Å². The Kier molecular flexibility index (Phi) is 3.54. The van der Waals surface area contributed by atoms with Gasteiger partial charge in [-0.05, 0) is 32.1 Å². The maximum atomic E-state index is 6.28. The van der Waals surface area contributed by atoms with E-state index in [9.17, 15) is 0 Å². The van der Waals surface area contributed by atoms with Crippen LogP contribution in [0.25, 0.3) is 0 Å². The van der Waals surface area contributed by atoms with Crippen LogP contribution in [0.15, 0.2) is 0 Å². The topological polar surface area (TPSA) is 32.5 Å². The Morgan fingerprint density at radius 2 is 1.53 bits per heavy atom. The van der Waals surface area contributed by atoms with E-state index in [0.717, 1.165) is 12.6 Å². The molecule has 0 radical (unpaired) electrons. The normalized spacial score (nSPS) is 25.2. The molecule has 1 heterocycles. The van der Waals surface area contributed by atoms with Crippen LogP contribution in [0.1, 0.15) is 40.5 Å². The highest BCUT2D eigenvalue weighted by atomic mass is 15.3. The first-order valence-corrected chi connectivity index (χ1v) is 7.05. The molecule has 100 valence electrons. The smallest absolute Gasteiger partial charge is 0.0161 e. The summed E-state index contributed by atoms with van der Waals surface area (Å²) < 4.78 is 0. The second-order valence-electron chi connectivity index (χ2n) is 7.15. The molecule has 0 amide bonds. The monoisotopic (exact) mass is 239 g/mol. The summed E-state index contributed by atoms with van der Waals surface area (Å²) in [5, 5.41) is 0. The van der Waals surface area contributed by atoms with Crippen molar-refractivity contribution in [3.8, 4) is 0 Å². The van der Waals surface area contributed by atoms with Gasteiger partial charge in [0.2, 0.25) is 0 Å². The highest BCUT2D eigenvalue weighted by Gasteiger charge is 2.37. The summed E-state index contributed by atoms with van der Waals surface area (Å²) in [7, 11) is 0. The minimum atomic E-state index is -0.110. The molecular weight excluding hydrogens is 210 g/mol. The van der Waals surface area contributed by atoms with Crippen molar-refractivity contribution in [1.29, 1.82) is 0 Å². The third-order valence-corrected chi connectivity index (χ3v) is 4.83. The van der Waals surface area contributed by atoms with E-state index >= 15 is 0 Å². The summed E-state index contributed by atoms with van der Waals surface area (Å²) in [6, 6.07) is 0.927. The molecule has 0 spiro atoms. The molecule has 0 unspecified atom stereocenters. The van der Waals surface area contributed by atoms with Crippen LogP contribution in [0, 0.1) is 5.41 Å². The van der Waals surface area contributed by atoms with Crippen molar-refractivity contribution in [2.75, 3.05) is 32.7 Å². The van der Waals surface area contributed by atoms with E-state index in [1.165, 1.54) is 39.0 Å². The fraction of sp³-hybridized carbons (Fsp3) is 1.00. The summed E-state index contributed by atoms with van der Waals surface area (Å²) in [6.45, 7) is 14.9. The number of hydrogen-bond donors (Lipinski definition) is 1. The van der Waals surface area contributed by atoms with Crippen LogP contribution in [0.2, 0.25) is 0 Å². The molecule has 2 N–H and O–H groups in total. The zero-order chi connectivity index (χ0) is 12.7. The van der Waals surface area contributed by atoms with E-state index < -0.39 is 0 Å². The zero-order valence-electron chi connectivity index (χ0n) is 12.0. The Morgan fingerprint density at radius 1 is 1.00 bits per heavy atom. The minimum absolute atomic E-state index is 0.110. The Bertz CT molecular complexity index is 255. The molecule has 0 bridgehead atoms. The van der Waals surface area contributed by atoms with Crippen LogP contribution in [0.4, 0.5) is 0 Å². The molecule has 0 aromatic heterocycles. The van der Waals surface area contributed by atoms with E-state index in [-0.39, 0.29) is 11.0 Å². The molecule has 17 heavy (non-hydrogen) atoms. The largest absolute Gasteiger partial charge is 0.325 e. The lowest BCUT2D eigenvalue weighted by Gasteiger charge is -2.44. The molecular formula is C14H29N3. The van der Waals surface area contributed by atoms with Gasteiger partial charge in [0.05, 0.1) is 0 Å². The minimum Gasteiger partial charge on any atom is -0.325 e. The molecule has 0 aromatic carbocycles. The third-order valence-electron chi connectivity index (χ3n) is 4.83. The first-order valence-electron chi connectivity index (χ1n) is 7.05. The molecule has 0 atom stereocenters. The van der Waals surface area contributed by atoms with E-state index in [1.807, 2.05) is 0 Å². The van der Waals surface area contributed by atoms with Gasteiger partial charge in [-0.25, -0.2) is 0 Å². The lowest BCUT2D eigenvalue weighted by Crippen LogP contribution is -2.56. The van der Waals surface area contributed by atoms with E-state index in [2.05, 4.69) is 37.5 Å². The van der Waals surface area contributed by atoms with Crippen LogP contribution >= 0.6 is 0 Å². The first kappa shape index (κ1) is 13.3. The fourth-order valence-corrected chi connectivity index (χ4v) is 2.49. The summed E-state index contributed by atoms with van der Waals surface area (Å²) in [5.41, 5.74) is 6.34. The lowest BCUT2D eigenvalue weighted by molar-refractivity contribution is 0.0653. The van der Waals surface area contributed by atoms with E-state index in [1.54, 1.807) is 0 Å². The predicted octanol–water partition coefficient (Wildman–Crippen LogP) is 1.53. The predicted molar refractivity (Wildman–Crippen MR) is 73.1 cm³/mol. The van der Waals surface area contributed by atoms with E-state index in [0.29, 0.717) is 0 Å². The second-order valence-corrected chi connectivity index (χ2v) is 7.15. The number of nitrogens with zero attached hydrogens (tertiary/aromatic N) is 2. The summed E-state index contributed by atoms with van der Waals surface area (Å²) >= 11 is 0. The molecule has 0 aromatic rings. The van der Waals surface area contributed by atoms with Gasteiger partial charge in [-0.3, -0.25) is 4.90 Å². The van der Waals surface area contributed by atoms with Crippen molar-refractivity contribution < 1.29 is 0 Å².